The standard InChI is InChI=1S/C26H25ClFN5O2S/c1-15-14-36-23(30-15)21-11-18(28)13-33(21)24(34)17-8-9-20(27)19(10-17)22-31-32-25(35-22)26(2,29)12-16-6-4-3-5-7-16/h3-10,14,18,21H,11-13,29H2,1-2H3/t18-,21+,26+/m0/s1. The van der Waals surface area contributed by atoms with E-state index in [1.165, 1.54) is 16.2 Å². The van der Waals surface area contributed by atoms with Gasteiger partial charge in [-0.05, 0) is 44.0 Å². The Kier molecular flexibility index (Phi) is 6.63. The van der Waals surface area contributed by atoms with E-state index in [1.807, 2.05) is 49.6 Å². The van der Waals surface area contributed by atoms with Crippen molar-refractivity contribution in [3.8, 4) is 11.5 Å². The predicted octanol–water partition coefficient (Wildman–Crippen LogP) is 5.50. The van der Waals surface area contributed by atoms with Crippen LogP contribution < -0.4 is 5.73 Å². The lowest BCUT2D eigenvalue weighted by molar-refractivity contribution is 0.0728. The van der Waals surface area contributed by atoms with Crippen LogP contribution in [-0.4, -0.2) is 38.7 Å². The molecule has 1 aliphatic heterocycles. The second kappa shape index (κ2) is 9.72. The normalized spacial score (nSPS) is 19.4. The van der Waals surface area contributed by atoms with Gasteiger partial charge in [-0.25, -0.2) is 9.37 Å². The van der Waals surface area contributed by atoms with Crippen molar-refractivity contribution >= 4 is 28.8 Å². The molecule has 1 fully saturated rings. The number of rotatable bonds is 6. The van der Waals surface area contributed by atoms with Crippen LogP contribution in [0.4, 0.5) is 4.39 Å². The van der Waals surface area contributed by atoms with Crippen molar-refractivity contribution in [2.24, 2.45) is 5.73 Å². The summed E-state index contributed by atoms with van der Waals surface area (Å²) < 4.78 is 20.3. The van der Waals surface area contributed by atoms with Gasteiger partial charge in [-0.1, -0.05) is 41.9 Å². The summed E-state index contributed by atoms with van der Waals surface area (Å²) in [6.45, 7) is 3.71. The summed E-state index contributed by atoms with van der Waals surface area (Å²) in [5.41, 5.74) is 8.26. The second-order valence-corrected chi connectivity index (χ2v) is 10.6. The van der Waals surface area contributed by atoms with E-state index in [4.69, 9.17) is 21.8 Å². The molecule has 3 atom stereocenters. The van der Waals surface area contributed by atoms with Crippen molar-refractivity contribution in [3.63, 3.8) is 0 Å². The van der Waals surface area contributed by atoms with E-state index in [2.05, 4.69) is 15.2 Å². The maximum Gasteiger partial charge on any atom is 0.254 e. The van der Waals surface area contributed by atoms with Crippen molar-refractivity contribution in [2.45, 2.75) is 44.4 Å². The number of alkyl halides is 1. The first-order valence-electron chi connectivity index (χ1n) is 11.5. The second-order valence-electron chi connectivity index (χ2n) is 9.32. The fraction of sp³-hybridized carbons (Fsp3) is 0.308. The van der Waals surface area contributed by atoms with Crippen LogP contribution in [0.25, 0.3) is 11.5 Å². The molecule has 10 heteroatoms. The number of amides is 1. The Balaban J connectivity index is 1.41. The lowest BCUT2D eigenvalue weighted by Crippen LogP contribution is -2.35. The zero-order valence-electron chi connectivity index (χ0n) is 19.8. The monoisotopic (exact) mass is 525 g/mol. The largest absolute Gasteiger partial charge is 0.419 e. The first-order valence-corrected chi connectivity index (χ1v) is 12.8. The number of nitrogens with zero attached hydrogens (tertiary/aromatic N) is 4. The van der Waals surface area contributed by atoms with Crippen LogP contribution in [0, 0.1) is 6.92 Å². The number of likely N-dealkylation sites (tertiary alicyclic amines) is 1. The number of hydrogen-bond donors (Lipinski definition) is 1. The maximum atomic E-state index is 14.4. The lowest BCUT2D eigenvalue weighted by atomic mass is 9.94. The third kappa shape index (κ3) is 4.91. The van der Waals surface area contributed by atoms with Crippen LogP contribution in [0.15, 0.2) is 58.3 Å². The molecular weight excluding hydrogens is 501 g/mol. The van der Waals surface area contributed by atoms with E-state index >= 15 is 0 Å². The molecule has 0 bridgehead atoms. The zero-order valence-corrected chi connectivity index (χ0v) is 21.4. The molecule has 2 aromatic carbocycles. The van der Waals surface area contributed by atoms with Crippen molar-refractivity contribution in [3.05, 3.63) is 86.7 Å². The minimum Gasteiger partial charge on any atom is -0.419 e. The predicted molar refractivity (Wildman–Crippen MR) is 137 cm³/mol. The minimum atomic E-state index is -1.11. The number of carbonyl (C=O) groups excluding carboxylic acids is 1. The summed E-state index contributed by atoms with van der Waals surface area (Å²) in [7, 11) is 0. The van der Waals surface area contributed by atoms with E-state index in [9.17, 15) is 9.18 Å². The van der Waals surface area contributed by atoms with Crippen molar-refractivity contribution in [1.29, 1.82) is 0 Å². The smallest absolute Gasteiger partial charge is 0.254 e. The van der Waals surface area contributed by atoms with E-state index in [0.29, 0.717) is 22.6 Å². The number of carbonyl (C=O) groups is 1. The van der Waals surface area contributed by atoms with Crippen LogP contribution in [0.5, 0.6) is 0 Å². The number of aromatic nitrogens is 3. The van der Waals surface area contributed by atoms with Crippen LogP contribution in [0.1, 0.15) is 51.9 Å². The number of hydrogen-bond acceptors (Lipinski definition) is 7. The van der Waals surface area contributed by atoms with Crippen molar-refractivity contribution < 1.29 is 13.6 Å². The third-order valence-corrected chi connectivity index (χ3v) is 7.60. The molecule has 36 heavy (non-hydrogen) atoms. The van der Waals surface area contributed by atoms with E-state index in [0.717, 1.165) is 16.3 Å². The molecule has 0 spiro atoms. The molecule has 4 aromatic rings. The number of aryl methyl sites for hydroxylation is 1. The highest BCUT2D eigenvalue weighted by atomic mass is 35.5. The van der Waals surface area contributed by atoms with Crippen LogP contribution in [-0.2, 0) is 12.0 Å². The van der Waals surface area contributed by atoms with E-state index in [1.54, 1.807) is 18.2 Å². The van der Waals surface area contributed by atoms with Gasteiger partial charge in [0.25, 0.3) is 5.91 Å². The molecular formula is C26H25ClFN5O2S. The molecule has 0 saturated carbocycles. The molecule has 1 amide bonds. The van der Waals surface area contributed by atoms with Gasteiger partial charge >= 0.3 is 0 Å². The first-order chi connectivity index (χ1) is 17.2. The van der Waals surface area contributed by atoms with Crippen molar-refractivity contribution in [1.82, 2.24) is 20.1 Å². The highest BCUT2D eigenvalue weighted by Gasteiger charge is 2.38. The van der Waals surface area contributed by atoms with Crippen LogP contribution in [0.3, 0.4) is 0 Å². The fourth-order valence-corrected chi connectivity index (χ4v) is 5.53. The minimum absolute atomic E-state index is 0.00973. The van der Waals surface area contributed by atoms with Gasteiger partial charge in [-0.15, -0.1) is 21.5 Å². The SMILES string of the molecule is Cc1csc([C@H]2C[C@H](F)CN2C(=O)c2ccc(Cl)c(-c3nnc([C@](C)(N)Cc4ccccc4)o3)c2)n1. The molecule has 5 rings (SSSR count). The fourth-order valence-electron chi connectivity index (χ4n) is 4.41. The molecule has 1 aliphatic rings. The summed E-state index contributed by atoms with van der Waals surface area (Å²) >= 11 is 7.88. The third-order valence-electron chi connectivity index (χ3n) is 6.20. The maximum absolute atomic E-state index is 14.4. The topological polar surface area (TPSA) is 98.1 Å². The molecule has 3 heterocycles. The van der Waals surface area contributed by atoms with Gasteiger partial charge in [-0.2, -0.15) is 0 Å². The summed E-state index contributed by atoms with van der Waals surface area (Å²) in [4.78, 5) is 19.5. The summed E-state index contributed by atoms with van der Waals surface area (Å²) in [5.74, 6) is 0.109. The Morgan fingerprint density at radius 1 is 1.28 bits per heavy atom. The first kappa shape index (κ1) is 24.5. The van der Waals surface area contributed by atoms with Gasteiger partial charge in [0.1, 0.15) is 11.2 Å². The van der Waals surface area contributed by atoms with E-state index in [-0.39, 0.29) is 30.7 Å². The zero-order chi connectivity index (χ0) is 25.4. The summed E-state index contributed by atoms with van der Waals surface area (Å²) in [6.07, 6.45) is -0.387. The molecule has 2 N–H and O–H groups in total. The Morgan fingerprint density at radius 2 is 2.06 bits per heavy atom. The van der Waals surface area contributed by atoms with Gasteiger partial charge in [0.15, 0.2) is 0 Å². The van der Waals surface area contributed by atoms with Gasteiger partial charge in [-0.3, -0.25) is 4.79 Å². The van der Waals surface area contributed by atoms with Crippen molar-refractivity contribution in [2.75, 3.05) is 6.54 Å². The molecule has 1 saturated heterocycles. The Labute approximate surface area is 217 Å². The molecule has 186 valence electrons. The van der Waals surface area contributed by atoms with E-state index < -0.39 is 17.8 Å². The van der Waals surface area contributed by atoms with Gasteiger partial charge in [0.05, 0.1) is 28.7 Å². The average Bonchev–Trinajstić information content (AvgIpc) is 3.59. The molecule has 0 unspecified atom stereocenters. The highest BCUT2D eigenvalue weighted by molar-refractivity contribution is 7.09. The quantitative estimate of drug-likeness (QED) is 0.357. The Hall–Kier alpha value is -3.14. The Bertz CT molecular complexity index is 1390. The van der Waals surface area contributed by atoms with Gasteiger partial charge in [0, 0.05) is 23.1 Å². The molecule has 2 aromatic heterocycles. The number of benzene rings is 2. The summed E-state index contributed by atoms with van der Waals surface area (Å²) in [5, 5.41) is 11.3. The lowest BCUT2D eigenvalue weighted by Gasteiger charge is -2.23. The van der Waals surface area contributed by atoms with Crippen LogP contribution in [0.2, 0.25) is 5.02 Å². The molecule has 7 nitrogen and oxygen atoms in total. The number of halogens is 2. The number of thiazole rings is 1. The molecule has 0 aliphatic carbocycles. The number of nitrogens with two attached hydrogens (primary N) is 1. The Morgan fingerprint density at radius 3 is 2.78 bits per heavy atom. The van der Waals surface area contributed by atoms with Gasteiger partial charge < -0.3 is 15.1 Å². The average molecular weight is 526 g/mol. The van der Waals surface area contributed by atoms with Gasteiger partial charge in [0.2, 0.25) is 11.8 Å². The molecule has 0 radical (unpaired) electrons. The highest BCUT2D eigenvalue weighted by Crippen LogP contribution is 2.37. The summed E-state index contributed by atoms with van der Waals surface area (Å²) in [6, 6.07) is 14.2. The van der Waals surface area contributed by atoms with Crippen LogP contribution >= 0.6 is 22.9 Å².